The lowest BCUT2D eigenvalue weighted by atomic mass is 9.88. The van der Waals surface area contributed by atoms with Crippen LogP contribution < -0.4 is 16.0 Å². The van der Waals surface area contributed by atoms with Crippen LogP contribution in [0, 0.1) is 5.41 Å². The van der Waals surface area contributed by atoms with Crippen LogP contribution in [-0.2, 0) is 11.3 Å². The number of hydrogen-bond acceptors (Lipinski definition) is 5. The number of halogens is 3. The van der Waals surface area contributed by atoms with Crippen LogP contribution in [0.25, 0.3) is 11.0 Å². The first-order valence-electron chi connectivity index (χ1n) is 13.7. The summed E-state index contributed by atoms with van der Waals surface area (Å²) in [5.74, 6) is -0.000555. The van der Waals surface area contributed by atoms with Crippen LogP contribution in [0.5, 0.6) is 0 Å². The second-order valence-corrected chi connectivity index (χ2v) is 13.5. The third-order valence-corrected chi connectivity index (χ3v) is 9.19. The first-order valence-corrected chi connectivity index (χ1v) is 15.7. The van der Waals surface area contributed by atoms with E-state index in [0.29, 0.717) is 30.3 Å². The van der Waals surface area contributed by atoms with Crippen LogP contribution in [0.2, 0.25) is 0 Å². The number of fused-ring (bicyclic) bond motifs is 1. The van der Waals surface area contributed by atoms with E-state index < -0.39 is 12.3 Å². The third kappa shape index (κ3) is 7.47. The van der Waals surface area contributed by atoms with Crippen molar-refractivity contribution in [3.8, 4) is 0 Å². The predicted molar refractivity (Wildman–Crippen MR) is 161 cm³/mol. The van der Waals surface area contributed by atoms with E-state index in [4.69, 9.17) is 4.98 Å². The first-order chi connectivity index (χ1) is 19.0. The number of carbonyl (C=O) groups excluding carboxylic acids is 2. The van der Waals surface area contributed by atoms with E-state index in [-0.39, 0.29) is 33.2 Å². The summed E-state index contributed by atoms with van der Waals surface area (Å²) in [7, 11) is 0. The van der Waals surface area contributed by atoms with Gasteiger partial charge in [0.2, 0.25) is 11.9 Å². The van der Waals surface area contributed by atoms with Gasteiger partial charge in [-0.3, -0.25) is 14.9 Å². The van der Waals surface area contributed by atoms with Crippen molar-refractivity contribution in [2.75, 3.05) is 10.6 Å². The number of nitrogens with zero attached hydrogens (tertiary/aromatic N) is 2. The second-order valence-electron chi connectivity index (χ2n) is 11.6. The number of anilines is 1. The molecular formula is C29H38BrF2N5O2S. The number of imidazole rings is 1. The highest BCUT2D eigenvalue weighted by Crippen LogP contribution is 2.35. The Morgan fingerprint density at radius 1 is 1.15 bits per heavy atom. The number of hydrogen-bond donors (Lipinski definition) is 3. The maximum atomic E-state index is 13.1. The van der Waals surface area contributed by atoms with Crippen LogP contribution in [0.1, 0.15) is 92.4 Å². The zero-order valence-electron chi connectivity index (χ0n) is 23.4. The molecule has 1 fully saturated rings. The van der Waals surface area contributed by atoms with Gasteiger partial charge in [0.25, 0.3) is 12.3 Å². The van der Waals surface area contributed by atoms with Gasteiger partial charge in [0, 0.05) is 36.4 Å². The summed E-state index contributed by atoms with van der Waals surface area (Å²) >= 11 is 4.10. The molecule has 1 aliphatic carbocycles. The number of benzene rings is 1. The van der Waals surface area contributed by atoms with Gasteiger partial charge in [-0.05, 0) is 67.9 Å². The van der Waals surface area contributed by atoms with E-state index in [1.807, 2.05) is 12.1 Å². The number of alkyl halides is 3. The average Bonchev–Trinajstić information content (AvgIpc) is 3.52. The smallest absolute Gasteiger partial charge is 0.272 e. The standard InChI is InChI=1S/C29H38BrF2N5O2S/c1-17(29(2,3)4)33-16-18-5-10-22-21(15-18)35-28(36-27(39)24-12-11-23(40-24)26(31)32)37(22)20-8-6-19(7-9-20)34-25(38)13-14-30/h5,10-12,15,17,19-20,26,33H,6-9,13-14,16H2,1-4H3,(H,34,38)(H,35,36,39)/t17-,19-,20+/m0/s1. The van der Waals surface area contributed by atoms with Gasteiger partial charge in [-0.25, -0.2) is 13.8 Å². The Morgan fingerprint density at radius 3 is 2.50 bits per heavy atom. The quantitative estimate of drug-likeness (QED) is 0.205. The lowest BCUT2D eigenvalue weighted by molar-refractivity contribution is -0.121. The summed E-state index contributed by atoms with van der Waals surface area (Å²) < 4.78 is 28.3. The van der Waals surface area contributed by atoms with Gasteiger partial charge in [-0.2, -0.15) is 0 Å². The molecular weight excluding hydrogens is 600 g/mol. The Kier molecular flexibility index (Phi) is 10.00. The number of thiophene rings is 1. The van der Waals surface area contributed by atoms with E-state index in [0.717, 1.165) is 53.6 Å². The van der Waals surface area contributed by atoms with E-state index in [9.17, 15) is 18.4 Å². The molecule has 1 aliphatic rings. The number of rotatable bonds is 10. The van der Waals surface area contributed by atoms with Gasteiger partial charge < -0.3 is 15.2 Å². The molecule has 218 valence electrons. The molecule has 1 atom stereocenters. The minimum Gasteiger partial charge on any atom is -0.353 e. The lowest BCUT2D eigenvalue weighted by Gasteiger charge is -2.31. The fourth-order valence-electron chi connectivity index (χ4n) is 4.91. The summed E-state index contributed by atoms with van der Waals surface area (Å²) in [4.78, 5) is 30.0. The topological polar surface area (TPSA) is 88.1 Å². The van der Waals surface area contributed by atoms with Gasteiger partial charge in [0.15, 0.2) is 0 Å². The average molecular weight is 639 g/mol. The Bertz CT molecular complexity index is 1330. The molecule has 1 saturated carbocycles. The number of amides is 2. The van der Waals surface area contributed by atoms with Crippen molar-refractivity contribution >= 4 is 56.1 Å². The van der Waals surface area contributed by atoms with Crippen LogP contribution in [0.15, 0.2) is 30.3 Å². The van der Waals surface area contributed by atoms with Gasteiger partial charge in [-0.1, -0.05) is 42.8 Å². The van der Waals surface area contributed by atoms with Crippen molar-refractivity contribution in [2.45, 2.75) is 90.9 Å². The molecule has 4 rings (SSSR count). The van der Waals surface area contributed by atoms with E-state index >= 15 is 0 Å². The maximum Gasteiger partial charge on any atom is 0.272 e. The van der Waals surface area contributed by atoms with Crippen molar-refractivity contribution in [3.05, 3.63) is 45.6 Å². The van der Waals surface area contributed by atoms with Crippen molar-refractivity contribution in [1.82, 2.24) is 20.2 Å². The fraction of sp³-hybridized carbons (Fsp3) is 0.552. The van der Waals surface area contributed by atoms with E-state index in [1.54, 1.807) is 0 Å². The van der Waals surface area contributed by atoms with Crippen LogP contribution in [-0.4, -0.2) is 38.8 Å². The lowest BCUT2D eigenvalue weighted by Crippen LogP contribution is -2.38. The zero-order valence-corrected chi connectivity index (χ0v) is 25.8. The van der Waals surface area contributed by atoms with Crippen molar-refractivity contribution < 1.29 is 18.4 Å². The Balaban J connectivity index is 1.58. The maximum absolute atomic E-state index is 13.1. The molecule has 3 aromatic rings. The first kappa shape index (κ1) is 30.6. The van der Waals surface area contributed by atoms with Gasteiger partial charge in [-0.15, -0.1) is 11.3 Å². The molecule has 0 unspecified atom stereocenters. The molecule has 0 bridgehead atoms. The van der Waals surface area contributed by atoms with Crippen molar-refractivity contribution in [3.63, 3.8) is 0 Å². The van der Waals surface area contributed by atoms with Gasteiger partial charge in [0.05, 0.1) is 20.8 Å². The molecule has 2 amide bonds. The number of nitrogens with one attached hydrogen (secondary N) is 3. The second kappa shape index (κ2) is 13.1. The Hall–Kier alpha value is -2.37. The summed E-state index contributed by atoms with van der Waals surface area (Å²) in [6, 6.07) is 9.38. The molecule has 0 spiro atoms. The van der Waals surface area contributed by atoms with E-state index in [2.05, 4.69) is 70.2 Å². The van der Waals surface area contributed by atoms with Gasteiger partial charge >= 0.3 is 0 Å². The molecule has 2 aromatic heterocycles. The molecule has 0 saturated heterocycles. The van der Waals surface area contributed by atoms with Crippen LogP contribution >= 0.6 is 27.3 Å². The van der Waals surface area contributed by atoms with Crippen LogP contribution in [0.3, 0.4) is 0 Å². The monoisotopic (exact) mass is 637 g/mol. The molecule has 3 N–H and O–H groups in total. The molecule has 0 radical (unpaired) electrons. The molecule has 2 heterocycles. The largest absolute Gasteiger partial charge is 0.353 e. The van der Waals surface area contributed by atoms with E-state index in [1.165, 1.54) is 12.1 Å². The SMILES string of the molecule is C[C@H](NCc1ccc2c(c1)nc(NC(=O)c1ccc(C(F)F)s1)n2[C@H]1CC[C@@H](NC(=O)CCBr)CC1)C(C)(C)C. The highest BCUT2D eigenvalue weighted by Gasteiger charge is 2.28. The van der Waals surface area contributed by atoms with Crippen molar-refractivity contribution in [2.24, 2.45) is 5.41 Å². The summed E-state index contributed by atoms with van der Waals surface area (Å²) in [6.45, 7) is 9.45. The summed E-state index contributed by atoms with van der Waals surface area (Å²) in [5.41, 5.74) is 2.89. The zero-order chi connectivity index (χ0) is 29.0. The van der Waals surface area contributed by atoms with Crippen molar-refractivity contribution in [1.29, 1.82) is 0 Å². The highest BCUT2D eigenvalue weighted by molar-refractivity contribution is 9.09. The minimum absolute atomic E-state index is 0.0439. The molecule has 11 heteroatoms. The molecule has 40 heavy (non-hydrogen) atoms. The predicted octanol–water partition coefficient (Wildman–Crippen LogP) is 7.20. The third-order valence-electron chi connectivity index (χ3n) is 7.70. The molecule has 7 nitrogen and oxygen atoms in total. The normalized spacial score (nSPS) is 18.7. The number of aromatic nitrogens is 2. The van der Waals surface area contributed by atoms with Crippen LogP contribution in [0.4, 0.5) is 14.7 Å². The summed E-state index contributed by atoms with van der Waals surface area (Å²) in [6.07, 6.45) is 1.10. The minimum atomic E-state index is -2.62. The molecule has 1 aromatic carbocycles. The highest BCUT2D eigenvalue weighted by atomic mass is 79.9. The Morgan fingerprint density at radius 2 is 1.88 bits per heavy atom. The van der Waals surface area contributed by atoms with Gasteiger partial charge in [0.1, 0.15) is 0 Å². The fourth-order valence-corrected chi connectivity index (χ4v) is 6.03. The number of carbonyl (C=O) groups is 2. The molecule has 0 aliphatic heterocycles. The summed E-state index contributed by atoms with van der Waals surface area (Å²) in [5, 5.41) is 10.2. The Labute approximate surface area is 246 Å².